The fraction of sp³-hybridized carbons (Fsp3) is 0.467. The first-order chi connectivity index (χ1) is 9.24. The smallest absolute Gasteiger partial charge is 0.131 e. The highest BCUT2D eigenvalue weighted by atomic mass is 32.1. The van der Waals surface area contributed by atoms with Crippen LogP contribution >= 0.6 is 11.3 Å². The van der Waals surface area contributed by atoms with Crippen LogP contribution in [0, 0.1) is 6.92 Å². The number of rotatable bonds is 6. The molecular weight excluding hydrogens is 254 g/mol. The summed E-state index contributed by atoms with van der Waals surface area (Å²) < 4.78 is 0. The Hall–Kier alpha value is -1.42. The molecule has 2 aromatic heterocycles. The second-order valence-electron chi connectivity index (χ2n) is 4.66. The Balaban J connectivity index is 2.36. The molecule has 2 aromatic rings. The fourth-order valence-electron chi connectivity index (χ4n) is 1.93. The summed E-state index contributed by atoms with van der Waals surface area (Å²) >= 11 is 1.74. The lowest BCUT2D eigenvalue weighted by atomic mass is 10.2. The molecule has 102 valence electrons. The number of thiophene rings is 1. The quantitative estimate of drug-likeness (QED) is 0.854. The first kappa shape index (κ1) is 14.0. The number of hydrogen-bond donors (Lipinski definition) is 1. The van der Waals surface area contributed by atoms with Gasteiger partial charge in [0.2, 0.25) is 0 Å². The third kappa shape index (κ3) is 3.53. The lowest BCUT2D eigenvalue weighted by Crippen LogP contribution is -2.06. The number of anilines is 1. The molecule has 0 spiro atoms. The van der Waals surface area contributed by atoms with Crippen molar-refractivity contribution < 1.29 is 0 Å². The molecule has 2 heterocycles. The standard InChI is InChI=1S/C15H21N3S/c1-4-6-13-17-12(15-11(3)7-9-19-15)10-14(18-13)16-8-5-2/h7,9-10H,4-6,8H2,1-3H3,(H,16,17,18). The Labute approximate surface area is 119 Å². The molecule has 0 unspecified atom stereocenters. The van der Waals surface area contributed by atoms with Crippen LogP contribution in [-0.4, -0.2) is 16.5 Å². The van der Waals surface area contributed by atoms with Crippen molar-refractivity contribution >= 4 is 17.2 Å². The summed E-state index contributed by atoms with van der Waals surface area (Å²) in [6, 6.07) is 4.20. The van der Waals surface area contributed by atoms with E-state index in [2.05, 4.69) is 48.6 Å². The van der Waals surface area contributed by atoms with Gasteiger partial charge in [0.1, 0.15) is 11.6 Å². The molecule has 0 aliphatic carbocycles. The van der Waals surface area contributed by atoms with Crippen LogP contribution in [-0.2, 0) is 6.42 Å². The molecule has 1 N–H and O–H groups in total. The SMILES string of the molecule is CCCNc1cc(-c2sccc2C)nc(CCC)n1. The molecule has 2 rings (SSSR count). The highest BCUT2D eigenvalue weighted by Gasteiger charge is 2.09. The molecule has 0 amide bonds. The molecule has 4 heteroatoms. The molecule has 0 saturated carbocycles. The molecule has 0 fully saturated rings. The van der Waals surface area contributed by atoms with Crippen LogP contribution in [0.5, 0.6) is 0 Å². The van der Waals surface area contributed by atoms with Crippen LogP contribution in [0.4, 0.5) is 5.82 Å². The van der Waals surface area contributed by atoms with E-state index in [9.17, 15) is 0 Å². The topological polar surface area (TPSA) is 37.8 Å². The molecule has 0 atom stereocenters. The predicted molar refractivity (Wildman–Crippen MR) is 82.9 cm³/mol. The van der Waals surface area contributed by atoms with E-state index < -0.39 is 0 Å². The van der Waals surface area contributed by atoms with E-state index >= 15 is 0 Å². The second-order valence-corrected chi connectivity index (χ2v) is 5.58. The van der Waals surface area contributed by atoms with Gasteiger partial charge >= 0.3 is 0 Å². The van der Waals surface area contributed by atoms with E-state index in [0.717, 1.165) is 43.1 Å². The number of aromatic nitrogens is 2. The van der Waals surface area contributed by atoms with Crippen LogP contribution in [0.15, 0.2) is 17.5 Å². The fourth-order valence-corrected chi connectivity index (χ4v) is 2.82. The lowest BCUT2D eigenvalue weighted by molar-refractivity contribution is 0.834. The molecule has 0 aliphatic heterocycles. The van der Waals surface area contributed by atoms with Crippen LogP contribution < -0.4 is 5.32 Å². The zero-order valence-corrected chi connectivity index (χ0v) is 12.7. The Morgan fingerprint density at radius 1 is 1.21 bits per heavy atom. The first-order valence-electron chi connectivity index (χ1n) is 6.90. The zero-order valence-electron chi connectivity index (χ0n) is 11.9. The monoisotopic (exact) mass is 275 g/mol. The second kappa shape index (κ2) is 6.66. The van der Waals surface area contributed by atoms with Gasteiger partial charge in [-0.1, -0.05) is 13.8 Å². The minimum absolute atomic E-state index is 0.930. The molecule has 0 radical (unpaired) electrons. The van der Waals surface area contributed by atoms with E-state index in [0.29, 0.717) is 0 Å². The maximum absolute atomic E-state index is 4.69. The van der Waals surface area contributed by atoms with E-state index in [1.54, 1.807) is 11.3 Å². The van der Waals surface area contributed by atoms with E-state index in [1.807, 2.05) is 0 Å². The average Bonchev–Trinajstić information content (AvgIpc) is 2.83. The summed E-state index contributed by atoms with van der Waals surface area (Å²) in [5.74, 6) is 1.88. The van der Waals surface area contributed by atoms with Gasteiger partial charge < -0.3 is 5.32 Å². The minimum Gasteiger partial charge on any atom is -0.370 e. The average molecular weight is 275 g/mol. The molecule has 0 aromatic carbocycles. The minimum atomic E-state index is 0.930. The Morgan fingerprint density at radius 3 is 2.68 bits per heavy atom. The summed E-state index contributed by atoms with van der Waals surface area (Å²) in [5.41, 5.74) is 2.33. The van der Waals surface area contributed by atoms with Crippen molar-refractivity contribution in [2.24, 2.45) is 0 Å². The third-order valence-electron chi connectivity index (χ3n) is 2.90. The Bertz CT molecular complexity index is 534. The number of nitrogens with one attached hydrogen (secondary N) is 1. The van der Waals surface area contributed by atoms with Gasteiger partial charge in [0.15, 0.2) is 0 Å². The van der Waals surface area contributed by atoms with Gasteiger partial charge in [0.05, 0.1) is 10.6 Å². The van der Waals surface area contributed by atoms with Gasteiger partial charge in [0.25, 0.3) is 0 Å². The summed E-state index contributed by atoms with van der Waals surface area (Å²) in [4.78, 5) is 10.5. The number of aryl methyl sites for hydroxylation is 2. The highest BCUT2D eigenvalue weighted by molar-refractivity contribution is 7.13. The zero-order chi connectivity index (χ0) is 13.7. The molecular formula is C15H21N3S. The van der Waals surface area contributed by atoms with Crippen LogP contribution in [0.2, 0.25) is 0 Å². The summed E-state index contributed by atoms with van der Waals surface area (Å²) in [6.45, 7) is 7.40. The van der Waals surface area contributed by atoms with Crippen LogP contribution in [0.3, 0.4) is 0 Å². The summed E-state index contributed by atoms with van der Waals surface area (Å²) in [7, 11) is 0. The van der Waals surface area contributed by atoms with Crippen molar-refractivity contribution in [3.05, 3.63) is 28.9 Å². The van der Waals surface area contributed by atoms with E-state index in [1.165, 1.54) is 10.4 Å². The number of nitrogens with zero attached hydrogens (tertiary/aromatic N) is 2. The van der Waals surface area contributed by atoms with Crippen molar-refractivity contribution in [1.82, 2.24) is 9.97 Å². The third-order valence-corrected chi connectivity index (χ3v) is 3.94. The van der Waals surface area contributed by atoms with Gasteiger partial charge in [-0.25, -0.2) is 9.97 Å². The van der Waals surface area contributed by atoms with Crippen molar-refractivity contribution in [3.8, 4) is 10.6 Å². The predicted octanol–water partition coefficient (Wildman–Crippen LogP) is 4.29. The van der Waals surface area contributed by atoms with Crippen LogP contribution in [0.1, 0.15) is 38.1 Å². The number of hydrogen-bond acceptors (Lipinski definition) is 4. The summed E-state index contributed by atoms with van der Waals surface area (Å²) in [5, 5.41) is 5.48. The Kier molecular flexibility index (Phi) is 4.91. The molecule has 0 saturated heterocycles. The van der Waals surface area contributed by atoms with Crippen molar-refractivity contribution in [1.29, 1.82) is 0 Å². The van der Waals surface area contributed by atoms with Gasteiger partial charge in [-0.05, 0) is 36.8 Å². The molecule has 0 bridgehead atoms. The van der Waals surface area contributed by atoms with Gasteiger partial charge in [0, 0.05) is 19.0 Å². The van der Waals surface area contributed by atoms with Crippen molar-refractivity contribution in [2.75, 3.05) is 11.9 Å². The highest BCUT2D eigenvalue weighted by Crippen LogP contribution is 2.28. The molecule has 3 nitrogen and oxygen atoms in total. The Morgan fingerprint density at radius 2 is 2.05 bits per heavy atom. The van der Waals surface area contributed by atoms with Gasteiger partial charge in [-0.3, -0.25) is 0 Å². The maximum Gasteiger partial charge on any atom is 0.131 e. The summed E-state index contributed by atoms with van der Waals surface area (Å²) in [6.07, 6.45) is 3.10. The van der Waals surface area contributed by atoms with Crippen molar-refractivity contribution in [3.63, 3.8) is 0 Å². The van der Waals surface area contributed by atoms with Crippen molar-refractivity contribution in [2.45, 2.75) is 40.0 Å². The van der Waals surface area contributed by atoms with Crippen LogP contribution in [0.25, 0.3) is 10.6 Å². The van der Waals surface area contributed by atoms with Gasteiger partial charge in [-0.15, -0.1) is 11.3 Å². The van der Waals surface area contributed by atoms with Gasteiger partial charge in [-0.2, -0.15) is 0 Å². The van der Waals surface area contributed by atoms with E-state index in [4.69, 9.17) is 4.98 Å². The molecule has 0 aliphatic rings. The first-order valence-corrected chi connectivity index (χ1v) is 7.78. The normalized spacial score (nSPS) is 10.7. The largest absolute Gasteiger partial charge is 0.370 e. The van der Waals surface area contributed by atoms with E-state index in [-0.39, 0.29) is 0 Å². The lowest BCUT2D eigenvalue weighted by Gasteiger charge is -2.09. The molecule has 19 heavy (non-hydrogen) atoms. The maximum atomic E-state index is 4.69.